The van der Waals surface area contributed by atoms with Gasteiger partial charge in [0.2, 0.25) is 0 Å². The lowest BCUT2D eigenvalue weighted by Crippen LogP contribution is -2.11. The fourth-order valence-electron chi connectivity index (χ4n) is 4.70. The monoisotopic (exact) mass is 411 g/mol. The zero-order valence-corrected chi connectivity index (χ0v) is 19.4. The number of aromatic amines is 1. The van der Waals surface area contributed by atoms with E-state index in [2.05, 4.69) is 82.9 Å². The van der Waals surface area contributed by atoms with Gasteiger partial charge >= 0.3 is 5.97 Å². The van der Waals surface area contributed by atoms with Crippen LogP contribution in [0.3, 0.4) is 0 Å². The molecule has 0 fully saturated rings. The molecule has 3 nitrogen and oxygen atoms in total. The summed E-state index contributed by atoms with van der Waals surface area (Å²) in [6.07, 6.45) is 0. The Balaban J connectivity index is 2.06. The van der Waals surface area contributed by atoms with E-state index in [-0.39, 0.29) is 16.8 Å². The predicted molar refractivity (Wildman–Crippen MR) is 131 cm³/mol. The SMILES string of the molecule is COC(=O)c1cc2c3cc(C(C)(C)C)cc4ccc5cc(C(C)(C)C)cc(c2[nH]1)c5c43. The quantitative estimate of drug-likeness (QED) is 0.230. The summed E-state index contributed by atoms with van der Waals surface area (Å²) < 4.78 is 5.02. The molecule has 158 valence electrons. The molecule has 0 bridgehead atoms. The lowest BCUT2D eigenvalue weighted by Gasteiger charge is -2.24. The first-order valence-corrected chi connectivity index (χ1v) is 10.9. The van der Waals surface area contributed by atoms with E-state index in [0.29, 0.717) is 5.69 Å². The summed E-state index contributed by atoms with van der Waals surface area (Å²) in [6.45, 7) is 13.4. The highest BCUT2D eigenvalue weighted by Crippen LogP contribution is 2.44. The van der Waals surface area contributed by atoms with Crippen LogP contribution in [0.2, 0.25) is 0 Å². The highest BCUT2D eigenvalue weighted by molar-refractivity contribution is 6.33. The standard InChI is InChI=1S/C28H29NO2/c1-27(2,3)17-10-15-8-9-16-11-18(28(4,5)6)13-21-24(16)23(15)19(12-17)20-14-22(26(30)31-7)29-25(20)21/h8-14,29H,1-7H3. The average molecular weight is 412 g/mol. The molecule has 0 aliphatic heterocycles. The molecule has 0 saturated carbocycles. The normalized spacial score (nSPS) is 13.1. The molecule has 4 aromatic carbocycles. The number of carbonyl (C=O) groups is 1. The summed E-state index contributed by atoms with van der Waals surface area (Å²) in [6, 6.07) is 15.7. The van der Waals surface area contributed by atoms with Crippen molar-refractivity contribution in [2.75, 3.05) is 7.11 Å². The van der Waals surface area contributed by atoms with Crippen molar-refractivity contribution >= 4 is 49.2 Å². The minimum absolute atomic E-state index is 0.0218. The van der Waals surface area contributed by atoms with Gasteiger partial charge in [-0.1, -0.05) is 65.8 Å². The highest BCUT2D eigenvalue weighted by atomic mass is 16.5. The van der Waals surface area contributed by atoms with Crippen LogP contribution in [-0.4, -0.2) is 18.1 Å². The number of aromatic nitrogens is 1. The number of ether oxygens (including phenoxy) is 1. The van der Waals surface area contributed by atoms with E-state index in [1.165, 1.54) is 45.2 Å². The minimum Gasteiger partial charge on any atom is -0.464 e. The molecule has 1 heterocycles. The van der Waals surface area contributed by atoms with Crippen LogP contribution in [0.1, 0.15) is 63.2 Å². The van der Waals surface area contributed by atoms with Crippen molar-refractivity contribution in [3.05, 3.63) is 59.3 Å². The first-order chi connectivity index (χ1) is 14.5. The Morgan fingerprint density at radius 2 is 1.26 bits per heavy atom. The van der Waals surface area contributed by atoms with E-state index in [0.717, 1.165) is 16.3 Å². The van der Waals surface area contributed by atoms with Crippen LogP contribution < -0.4 is 0 Å². The Bertz CT molecular complexity index is 1380. The van der Waals surface area contributed by atoms with Crippen molar-refractivity contribution in [3.63, 3.8) is 0 Å². The second-order valence-electron chi connectivity index (χ2n) is 10.8. The van der Waals surface area contributed by atoms with Crippen molar-refractivity contribution in [2.45, 2.75) is 52.4 Å². The molecule has 1 aromatic heterocycles. The average Bonchev–Trinajstić information content (AvgIpc) is 3.15. The maximum atomic E-state index is 12.4. The number of H-pyrrole nitrogens is 1. The van der Waals surface area contributed by atoms with Gasteiger partial charge in [0, 0.05) is 10.8 Å². The number of hydrogen-bond acceptors (Lipinski definition) is 2. The molecule has 0 amide bonds. The number of esters is 1. The zero-order valence-electron chi connectivity index (χ0n) is 19.4. The van der Waals surface area contributed by atoms with Crippen LogP contribution in [0.25, 0.3) is 43.2 Å². The molecule has 0 aliphatic carbocycles. The summed E-state index contributed by atoms with van der Waals surface area (Å²) in [7, 11) is 1.42. The molecule has 5 rings (SSSR count). The third kappa shape index (κ3) is 2.90. The maximum absolute atomic E-state index is 12.4. The molecule has 0 radical (unpaired) electrons. The van der Waals surface area contributed by atoms with Gasteiger partial charge in [-0.15, -0.1) is 0 Å². The van der Waals surface area contributed by atoms with Gasteiger partial charge in [-0.05, 0) is 67.1 Å². The lowest BCUT2D eigenvalue weighted by molar-refractivity contribution is 0.0595. The number of carbonyl (C=O) groups excluding carboxylic acids is 1. The molecular weight excluding hydrogens is 382 g/mol. The molecule has 0 aliphatic rings. The van der Waals surface area contributed by atoms with Crippen LogP contribution in [0.4, 0.5) is 0 Å². The van der Waals surface area contributed by atoms with Crippen molar-refractivity contribution in [1.82, 2.24) is 4.98 Å². The highest BCUT2D eigenvalue weighted by Gasteiger charge is 2.23. The molecule has 31 heavy (non-hydrogen) atoms. The van der Waals surface area contributed by atoms with E-state index < -0.39 is 0 Å². The van der Waals surface area contributed by atoms with E-state index in [1.807, 2.05) is 6.07 Å². The Hall–Kier alpha value is -3.07. The van der Waals surface area contributed by atoms with E-state index in [4.69, 9.17) is 4.74 Å². The number of rotatable bonds is 1. The minimum atomic E-state index is -0.343. The van der Waals surface area contributed by atoms with Crippen molar-refractivity contribution in [2.24, 2.45) is 0 Å². The summed E-state index contributed by atoms with van der Waals surface area (Å²) in [5, 5.41) is 8.42. The number of methoxy groups -OCH3 is 1. The summed E-state index contributed by atoms with van der Waals surface area (Å²) in [5.74, 6) is -0.343. The fraction of sp³-hybridized carbons (Fsp3) is 0.321. The topological polar surface area (TPSA) is 42.1 Å². The first-order valence-electron chi connectivity index (χ1n) is 10.9. The van der Waals surface area contributed by atoms with Gasteiger partial charge in [0.05, 0.1) is 12.6 Å². The summed E-state index contributed by atoms with van der Waals surface area (Å²) >= 11 is 0. The second-order valence-corrected chi connectivity index (χ2v) is 10.8. The van der Waals surface area contributed by atoms with Gasteiger partial charge in [0.15, 0.2) is 0 Å². The van der Waals surface area contributed by atoms with Gasteiger partial charge in [-0.3, -0.25) is 0 Å². The van der Waals surface area contributed by atoms with E-state index in [9.17, 15) is 4.79 Å². The smallest absolute Gasteiger partial charge is 0.354 e. The molecule has 0 saturated heterocycles. The molecule has 0 atom stereocenters. The molecule has 5 aromatic rings. The van der Waals surface area contributed by atoms with Gasteiger partial charge in [-0.2, -0.15) is 0 Å². The van der Waals surface area contributed by atoms with Crippen LogP contribution in [0, 0.1) is 0 Å². The Kier molecular flexibility index (Phi) is 3.99. The number of benzene rings is 4. The fourth-order valence-corrected chi connectivity index (χ4v) is 4.70. The molecular formula is C28H29NO2. The van der Waals surface area contributed by atoms with Gasteiger partial charge in [0.25, 0.3) is 0 Å². The maximum Gasteiger partial charge on any atom is 0.354 e. The van der Waals surface area contributed by atoms with Crippen LogP contribution in [-0.2, 0) is 15.6 Å². The second kappa shape index (κ2) is 6.23. The lowest BCUT2D eigenvalue weighted by atomic mass is 9.80. The van der Waals surface area contributed by atoms with E-state index >= 15 is 0 Å². The molecule has 1 N–H and O–H groups in total. The molecule has 0 spiro atoms. The Labute approximate surface area is 182 Å². The number of nitrogens with one attached hydrogen (secondary N) is 1. The Morgan fingerprint density at radius 3 is 1.77 bits per heavy atom. The third-order valence-corrected chi connectivity index (χ3v) is 6.54. The third-order valence-electron chi connectivity index (χ3n) is 6.54. The first kappa shape index (κ1) is 19.9. The summed E-state index contributed by atoms with van der Waals surface area (Å²) in [5.41, 5.74) is 4.11. The number of hydrogen-bond donors (Lipinski definition) is 1. The van der Waals surface area contributed by atoms with Gasteiger partial charge < -0.3 is 9.72 Å². The van der Waals surface area contributed by atoms with Crippen molar-refractivity contribution < 1.29 is 9.53 Å². The van der Waals surface area contributed by atoms with Gasteiger partial charge in [0.1, 0.15) is 5.69 Å². The zero-order chi connectivity index (χ0) is 22.3. The largest absolute Gasteiger partial charge is 0.464 e. The predicted octanol–water partition coefficient (Wildman–Crippen LogP) is 7.45. The summed E-state index contributed by atoms with van der Waals surface area (Å²) in [4.78, 5) is 15.8. The van der Waals surface area contributed by atoms with E-state index in [1.54, 1.807) is 0 Å². The molecule has 3 heteroatoms. The van der Waals surface area contributed by atoms with Crippen LogP contribution >= 0.6 is 0 Å². The Morgan fingerprint density at radius 1 is 0.742 bits per heavy atom. The van der Waals surface area contributed by atoms with Crippen molar-refractivity contribution in [1.29, 1.82) is 0 Å². The molecule has 0 unspecified atom stereocenters. The van der Waals surface area contributed by atoms with Crippen molar-refractivity contribution in [3.8, 4) is 0 Å². The number of fused-ring (bicyclic) bond motifs is 3. The van der Waals surface area contributed by atoms with Gasteiger partial charge in [-0.25, -0.2) is 4.79 Å². The van der Waals surface area contributed by atoms with Crippen LogP contribution in [0.15, 0.2) is 42.5 Å². The van der Waals surface area contributed by atoms with Crippen LogP contribution in [0.5, 0.6) is 0 Å².